The number of pyridine rings is 3. The minimum absolute atomic E-state index is 0.00463. The van der Waals surface area contributed by atoms with Crippen LogP contribution >= 0.6 is 0 Å². The lowest BCUT2D eigenvalue weighted by molar-refractivity contribution is 0.483. The molecule has 5 heterocycles. The van der Waals surface area contributed by atoms with E-state index in [-0.39, 0.29) is 10.8 Å². The molecule has 8 rings (SSSR count). The van der Waals surface area contributed by atoms with Gasteiger partial charge >= 0.3 is 0 Å². The molecule has 50 heavy (non-hydrogen) atoms. The van der Waals surface area contributed by atoms with Gasteiger partial charge in [-0.25, -0.2) is 9.97 Å². The number of ether oxygens (including phenoxy) is 1. The zero-order valence-electron chi connectivity index (χ0n) is 29.8. The van der Waals surface area contributed by atoms with Crippen LogP contribution in [-0.4, -0.2) is 26.2 Å². The summed E-state index contributed by atoms with van der Waals surface area (Å²) in [5.41, 5.74) is 8.83. The molecule has 0 saturated carbocycles. The number of para-hydroxylation sites is 1. The van der Waals surface area contributed by atoms with Gasteiger partial charge in [0, 0.05) is 52.7 Å². The zero-order chi connectivity index (χ0) is 34.8. The number of benzene rings is 3. The predicted molar refractivity (Wildman–Crippen MR) is 205 cm³/mol. The third-order valence-electron chi connectivity index (χ3n) is 9.56. The van der Waals surface area contributed by atoms with E-state index >= 15 is 0 Å². The van der Waals surface area contributed by atoms with Crippen LogP contribution in [0.5, 0.6) is 11.5 Å². The topological polar surface area (TPSA) is 59.3 Å². The van der Waals surface area contributed by atoms with Gasteiger partial charge in [-0.3, -0.25) is 9.55 Å². The van der Waals surface area contributed by atoms with E-state index in [0.29, 0.717) is 6.67 Å². The SMILES string of the molecule is Cc1cnc(N2CN(c3cccc(Oc4ccc5c6ccccc6n(-c6cc(C(C)(C)C)ccn6)c5c4)c3)c3ccncc32)c(C(C)(C)C)c1. The third-order valence-corrected chi connectivity index (χ3v) is 9.56. The highest BCUT2D eigenvalue weighted by Crippen LogP contribution is 2.46. The Bertz CT molecular complexity index is 2400. The molecule has 0 saturated heterocycles. The zero-order valence-corrected chi connectivity index (χ0v) is 29.8. The number of rotatable bonds is 5. The molecule has 0 spiro atoms. The highest BCUT2D eigenvalue weighted by molar-refractivity contribution is 6.09. The fraction of sp³-hybridized carbons (Fsp3) is 0.233. The summed E-state index contributed by atoms with van der Waals surface area (Å²) in [6.45, 7) is 16.1. The van der Waals surface area contributed by atoms with E-state index in [2.05, 4.69) is 153 Å². The summed E-state index contributed by atoms with van der Waals surface area (Å²) in [6, 6.07) is 31.8. The lowest BCUT2D eigenvalue weighted by atomic mass is 9.86. The van der Waals surface area contributed by atoms with Crippen LogP contribution in [0.2, 0.25) is 0 Å². The number of aromatic nitrogens is 4. The molecule has 7 heteroatoms. The second kappa shape index (κ2) is 11.7. The smallest absolute Gasteiger partial charge is 0.138 e. The Morgan fingerprint density at radius 2 is 1.44 bits per heavy atom. The lowest BCUT2D eigenvalue weighted by Gasteiger charge is -2.28. The van der Waals surface area contributed by atoms with E-state index in [1.165, 1.54) is 16.5 Å². The van der Waals surface area contributed by atoms with Crippen molar-refractivity contribution in [2.75, 3.05) is 16.5 Å². The number of hydrogen-bond donors (Lipinski definition) is 0. The number of aryl methyl sites for hydroxylation is 1. The van der Waals surface area contributed by atoms with Crippen LogP contribution in [0.4, 0.5) is 22.9 Å². The molecule has 7 nitrogen and oxygen atoms in total. The van der Waals surface area contributed by atoms with Gasteiger partial charge in [-0.2, -0.15) is 0 Å². The molecule has 1 aliphatic rings. The van der Waals surface area contributed by atoms with Crippen molar-refractivity contribution in [1.29, 1.82) is 0 Å². The average molecular weight is 659 g/mol. The molecular weight excluding hydrogens is 617 g/mol. The van der Waals surface area contributed by atoms with E-state index < -0.39 is 0 Å². The van der Waals surface area contributed by atoms with Gasteiger partial charge in [-0.05, 0) is 77.4 Å². The minimum Gasteiger partial charge on any atom is -0.457 e. The molecule has 0 atom stereocenters. The third kappa shape index (κ3) is 5.53. The minimum atomic E-state index is -0.0732. The van der Waals surface area contributed by atoms with Crippen LogP contribution in [0.1, 0.15) is 58.2 Å². The summed E-state index contributed by atoms with van der Waals surface area (Å²) in [7, 11) is 0. The maximum Gasteiger partial charge on any atom is 0.138 e. The summed E-state index contributed by atoms with van der Waals surface area (Å²) in [4.78, 5) is 18.9. The van der Waals surface area contributed by atoms with Crippen LogP contribution < -0.4 is 14.5 Å². The quantitative estimate of drug-likeness (QED) is 0.183. The average Bonchev–Trinajstić information content (AvgIpc) is 3.64. The Morgan fingerprint density at radius 1 is 0.640 bits per heavy atom. The van der Waals surface area contributed by atoms with Gasteiger partial charge in [0.1, 0.15) is 29.8 Å². The molecule has 0 fully saturated rings. The Kier molecular flexibility index (Phi) is 7.40. The van der Waals surface area contributed by atoms with Crippen LogP contribution in [0, 0.1) is 6.92 Å². The van der Waals surface area contributed by atoms with Crippen molar-refractivity contribution in [2.45, 2.75) is 59.3 Å². The number of anilines is 4. The van der Waals surface area contributed by atoms with Crippen LogP contribution in [-0.2, 0) is 10.8 Å². The highest BCUT2D eigenvalue weighted by Gasteiger charge is 2.33. The molecule has 0 radical (unpaired) electrons. The van der Waals surface area contributed by atoms with Crippen molar-refractivity contribution in [2.24, 2.45) is 0 Å². The van der Waals surface area contributed by atoms with Crippen molar-refractivity contribution in [1.82, 2.24) is 19.5 Å². The summed E-state index contributed by atoms with van der Waals surface area (Å²) in [6.07, 6.45) is 7.65. The van der Waals surface area contributed by atoms with E-state index in [0.717, 1.165) is 62.2 Å². The maximum absolute atomic E-state index is 6.63. The summed E-state index contributed by atoms with van der Waals surface area (Å²) in [5.74, 6) is 3.37. The summed E-state index contributed by atoms with van der Waals surface area (Å²) >= 11 is 0. The number of fused-ring (bicyclic) bond motifs is 4. The predicted octanol–water partition coefficient (Wildman–Crippen LogP) is 10.9. The van der Waals surface area contributed by atoms with E-state index in [1.807, 2.05) is 30.9 Å². The van der Waals surface area contributed by atoms with Gasteiger partial charge in [-0.1, -0.05) is 71.9 Å². The van der Waals surface area contributed by atoms with E-state index in [4.69, 9.17) is 14.7 Å². The normalized spacial score (nSPS) is 13.3. The van der Waals surface area contributed by atoms with Crippen molar-refractivity contribution < 1.29 is 4.74 Å². The highest BCUT2D eigenvalue weighted by atomic mass is 16.5. The van der Waals surface area contributed by atoms with Crippen LogP contribution in [0.15, 0.2) is 116 Å². The molecule has 0 N–H and O–H groups in total. The Hall–Kier alpha value is -5.69. The Labute approximate surface area is 293 Å². The van der Waals surface area contributed by atoms with Gasteiger partial charge in [0.2, 0.25) is 0 Å². The molecule has 0 unspecified atom stereocenters. The largest absolute Gasteiger partial charge is 0.457 e. The number of hydrogen-bond acceptors (Lipinski definition) is 6. The van der Waals surface area contributed by atoms with E-state index in [1.54, 1.807) is 0 Å². The first kappa shape index (κ1) is 31.6. The van der Waals surface area contributed by atoms with Crippen molar-refractivity contribution in [3.8, 4) is 17.3 Å². The lowest BCUT2D eigenvalue weighted by Crippen LogP contribution is -2.27. The van der Waals surface area contributed by atoms with Crippen molar-refractivity contribution in [3.63, 3.8) is 0 Å². The summed E-state index contributed by atoms with van der Waals surface area (Å²) in [5, 5.41) is 2.34. The molecule has 7 aromatic rings. The van der Waals surface area contributed by atoms with Gasteiger partial charge in [0.15, 0.2) is 0 Å². The fourth-order valence-corrected chi connectivity index (χ4v) is 6.96. The molecule has 4 aromatic heterocycles. The number of nitrogens with zero attached hydrogens (tertiary/aromatic N) is 6. The first-order chi connectivity index (χ1) is 24.0. The second-order valence-corrected chi connectivity index (χ2v) is 15.3. The van der Waals surface area contributed by atoms with E-state index in [9.17, 15) is 0 Å². The maximum atomic E-state index is 6.63. The van der Waals surface area contributed by atoms with Gasteiger partial charge < -0.3 is 14.5 Å². The monoisotopic (exact) mass is 658 g/mol. The molecule has 1 aliphatic heterocycles. The molecule has 0 bridgehead atoms. The van der Waals surface area contributed by atoms with Crippen LogP contribution in [0.25, 0.3) is 27.6 Å². The first-order valence-corrected chi connectivity index (χ1v) is 17.2. The van der Waals surface area contributed by atoms with Gasteiger partial charge in [0.05, 0.1) is 28.6 Å². The summed E-state index contributed by atoms with van der Waals surface area (Å²) < 4.78 is 8.88. The molecule has 0 amide bonds. The molecular formula is C43H42N6O. The van der Waals surface area contributed by atoms with Crippen molar-refractivity contribution in [3.05, 3.63) is 132 Å². The van der Waals surface area contributed by atoms with Gasteiger partial charge in [-0.15, -0.1) is 0 Å². The Balaban J connectivity index is 1.16. The molecule has 250 valence electrons. The second-order valence-electron chi connectivity index (χ2n) is 15.3. The molecule has 0 aliphatic carbocycles. The Morgan fingerprint density at radius 3 is 2.26 bits per heavy atom. The fourth-order valence-electron chi connectivity index (χ4n) is 6.96. The standard InChI is InChI=1S/C43H42N6O/c1-28-21-35(43(5,6)7)41(46-25-28)48-27-47(37-18-19-44-26-39(37)48)30-11-10-12-31(23-30)50-32-15-16-34-33-13-8-9-14-36(33)49(38(34)24-32)40-22-29(17-20-45-40)42(2,3)4/h8-26H,27H2,1-7H3. The molecule has 3 aromatic carbocycles. The first-order valence-electron chi connectivity index (χ1n) is 17.2. The van der Waals surface area contributed by atoms with Crippen LogP contribution in [0.3, 0.4) is 0 Å². The van der Waals surface area contributed by atoms with Gasteiger partial charge in [0.25, 0.3) is 0 Å². The van der Waals surface area contributed by atoms with Crippen molar-refractivity contribution >= 4 is 44.7 Å².